The second-order valence-corrected chi connectivity index (χ2v) is 6.61. The molecule has 0 aliphatic heterocycles. The maximum absolute atomic E-state index is 11.3. The number of primary amides is 2. The summed E-state index contributed by atoms with van der Waals surface area (Å²) in [7, 11) is 0. The summed E-state index contributed by atoms with van der Waals surface area (Å²) < 4.78 is 0. The van der Waals surface area contributed by atoms with E-state index in [-0.39, 0.29) is 0 Å². The molecule has 1 fully saturated rings. The van der Waals surface area contributed by atoms with Crippen LogP contribution in [0.4, 0.5) is 5.69 Å². The summed E-state index contributed by atoms with van der Waals surface area (Å²) in [5.41, 5.74) is 12.3. The molecule has 1 aliphatic rings. The SMILES string of the molecule is CC1(C)CCC(Nc2cc(C(N)=O)cc(C(N)=O)c2)CC1. The van der Waals surface area contributed by atoms with E-state index in [0.29, 0.717) is 22.6 Å². The Morgan fingerprint density at radius 1 is 1.05 bits per heavy atom. The van der Waals surface area contributed by atoms with Gasteiger partial charge in [0.25, 0.3) is 0 Å². The molecule has 0 aromatic heterocycles. The first-order valence-corrected chi connectivity index (χ1v) is 7.28. The molecule has 0 atom stereocenters. The van der Waals surface area contributed by atoms with Gasteiger partial charge in [0.05, 0.1) is 0 Å². The van der Waals surface area contributed by atoms with E-state index in [2.05, 4.69) is 19.2 Å². The van der Waals surface area contributed by atoms with Gasteiger partial charge in [-0.05, 0) is 49.3 Å². The van der Waals surface area contributed by atoms with Gasteiger partial charge in [0, 0.05) is 22.9 Å². The van der Waals surface area contributed by atoms with Crippen molar-refractivity contribution < 1.29 is 9.59 Å². The molecule has 114 valence electrons. The molecule has 1 aliphatic carbocycles. The van der Waals surface area contributed by atoms with Crippen LogP contribution in [0, 0.1) is 5.41 Å². The lowest BCUT2D eigenvalue weighted by Crippen LogP contribution is -2.30. The summed E-state index contributed by atoms with van der Waals surface area (Å²) in [6, 6.07) is 5.13. The highest BCUT2D eigenvalue weighted by atomic mass is 16.1. The van der Waals surface area contributed by atoms with Crippen molar-refractivity contribution in [2.75, 3.05) is 5.32 Å². The molecule has 0 spiro atoms. The van der Waals surface area contributed by atoms with E-state index in [0.717, 1.165) is 31.4 Å². The maximum atomic E-state index is 11.3. The van der Waals surface area contributed by atoms with Crippen molar-refractivity contribution >= 4 is 17.5 Å². The van der Waals surface area contributed by atoms with Gasteiger partial charge in [0.15, 0.2) is 0 Å². The van der Waals surface area contributed by atoms with Gasteiger partial charge in [-0.15, -0.1) is 0 Å². The number of rotatable bonds is 4. The van der Waals surface area contributed by atoms with Crippen molar-refractivity contribution in [1.82, 2.24) is 0 Å². The number of benzene rings is 1. The van der Waals surface area contributed by atoms with Gasteiger partial charge < -0.3 is 16.8 Å². The zero-order valence-corrected chi connectivity index (χ0v) is 12.6. The van der Waals surface area contributed by atoms with Gasteiger partial charge in [-0.2, -0.15) is 0 Å². The van der Waals surface area contributed by atoms with Gasteiger partial charge in [-0.25, -0.2) is 0 Å². The Kier molecular flexibility index (Phi) is 4.21. The summed E-state index contributed by atoms with van der Waals surface area (Å²) in [6.07, 6.45) is 4.45. The molecule has 0 unspecified atom stereocenters. The number of anilines is 1. The Bertz CT molecular complexity index is 524. The largest absolute Gasteiger partial charge is 0.382 e. The van der Waals surface area contributed by atoms with Crippen molar-refractivity contribution in [1.29, 1.82) is 0 Å². The summed E-state index contributed by atoms with van der Waals surface area (Å²) in [5.74, 6) is -1.13. The van der Waals surface area contributed by atoms with E-state index in [1.54, 1.807) is 12.1 Å². The molecule has 0 bridgehead atoms. The fourth-order valence-corrected chi connectivity index (χ4v) is 2.77. The zero-order valence-electron chi connectivity index (χ0n) is 12.6. The topological polar surface area (TPSA) is 98.2 Å². The Balaban J connectivity index is 2.16. The van der Waals surface area contributed by atoms with Gasteiger partial charge in [-0.1, -0.05) is 13.8 Å². The third kappa shape index (κ3) is 3.97. The lowest BCUT2D eigenvalue weighted by atomic mass is 9.75. The fraction of sp³-hybridized carbons (Fsp3) is 0.500. The second-order valence-electron chi connectivity index (χ2n) is 6.61. The third-order valence-electron chi connectivity index (χ3n) is 4.21. The number of carbonyl (C=O) groups is 2. The monoisotopic (exact) mass is 289 g/mol. The van der Waals surface area contributed by atoms with Crippen molar-refractivity contribution in [3.05, 3.63) is 29.3 Å². The van der Waals surface area contributed by atoms with E-state index >= 15 is 0 Å². The third-order valence-corrected chi connectivity index (χ3v) is 4.21. The Morgan fingerprint density at radius 2 is 1.52 bits per heavy atom. The number of amides is 2. The number of hydrogen-bond acceptors (Lipinski definition) is 3. The van der Waals surface area contributed by atoms with Crippen LogP contribution in [0.5, 0.6) is 0 Å². The number of nitrogens with one attached hydrogen (secondary N) is 1. The van der Waals surface area contributed by atoms with Crippen LogP contribution in [0.3, 0.4) is 0 Å². The quantitative estimate of drug-likeness (QED) is 0.793. The summed E-state index contributed by atoms with van der Waals surface area (Å²) >= 11 is 0. The van der Waals surface area contributed by atoms with Crippen LogP contribution >= 0.6 is 0 Å². The molecular formula is C16H23N3O2. The average Bonchev–Trinajstić information content (AvgIpc) is 2.41. The normalized spacial score (nSPS) is 18.2. The minimum absolute atomic E-state index is 0.296. The van der Waals surface area contributed by atoms with Gasteiger partial charge in [0.2, 0.25) is 11.8 Å². The van der Waals surface area contributed by atoms with E-state index < -0.39 is 11.8 Å². The predicted molar refractivity (Wildman–Crippen MR) is 83.1 cm³/mol. The number of carbonyl (C=O) groups excluding carboxylic acids is 2. The van der Waals surface area contributed by atoms with Crippen LogP contribution in [0.25, 0.3) is 0 Å². The van der Waals surface area contributed by atoms with E-state index in [4.69, 9.17) is 11.5 Å². The smallest absolute Gasteiger partial charge is 0.248 e. The van der Waals surface area contributed by atoms with Gasteiger partial charge in [-0.3, -0.25) is 9.59 Å². The van der Waals surface area contributed by atoms with Crippen LogP contribution in [0.15, 0.2) is 18.2 Å². The first-order valence-electron chi connectivity index (χ1n) is 7.28. The van der Waals surface area contributed by atoms with Gasteiger partial charge >= 0.3 is 0 Å². The van der Waals surface area contributed by atoms with E-state index in [1.165, 1.54) is 6.07 Å². The van der Waals surface area contributed by atoms with Crippen LogP contribution in [0.2, 0.25) is 0 Å². The Hall–Kier alpha value is -2.04. The minimum Gasteiger partial charge on any atom is -0.382 e. The summed E-state index contributed by atoms with van der Waals surface area (Å²) in [6.45, 7) is 4.56. The van der Waals surface area contributed by atoms with Crippen molar-refractivity contribution in [2.45, 2.75) is 45.6 Å². The summed E-state index contributed by atoms with van der Waals surface area (Å²) in [4.78, 5) is 22.7. The fourth-order valence-electron chi connectivity index (χ4n) is 2.77. The zero-order chi connectivity index (χ0) is 15.6. The summed E-state index contributed by atoms with van der Waals surface area (Å²) in [5, 5.41) is 3.39. The standard InChI is InChI=1S/C16H23N3O2/c1-16(2)5-3-12(4-6-16)19-13-8-10(14(17)20)7-11(9-13)15(18)21/h7-9,12,19H,3-6H2,1-2H3,(H2,17,20)(H2,18,21). The van der Waals surface area contributed by atoms with Crippen molar-refractivity contribution in [3.8, 4) is 0 Å². The van der Waals surface area contributed by atoms with E-state index in [9.17, 15) is 9.59 Å². The van der Waals surface area contributed by atoms with Crippen molar-refractivity contribution in [3.63, 3.8) is 0 Å². The minimum atomic E-state index is -0.564. The molecule has 1 aromatic carbocycles. The predicted octanol–water partition coefficient (Wildman–Crippen LogP) is 2.27. The maximum Gasteiger partial charge on any atom is 0.248 e. The van der Waals surface area contributed by atoms with Crippen LogP contribution in [-0.4, -0.2) is 17.9 Å². The molecule has 2 rings (SSSR count). The highest BCUT2D eigenvalue weighted by Gasteiger charge is 2.26. The molecule has 0 heterocycles. The average molecular weight is 289 g/mol. The Morgan fingerprint density at radius 3 is 1.95 bits per heavy atom. The molecule has 21 heavy (non-hydrogen) atoms. The van der Waals surface area contributed by atoms with Crippen LogP contribution in [-0.2, 0) is 0 Å². The first-order chi connectivity index (χ1) is 9.77. The molecule has 1 saturated carbocycles. The molecule has 5 N–H and O–H groups in total. The van der Waals surface area contributed by atoms with Crippen molar-refractivity contribution in [2.24, 2.45) is 16.9 Å². The van der Waals surface area contributed by atoms with Gasteiger partial charge in [0.1, 0.15) is 0 Å². The molecule has 5 heteroatoms. The van der Waals surface area contributed by atoms with Crippen LogP contribution in [0.1, 0.15) is 60.2 Å². The molecule has 0 radical (unpaired) electrons. The molecular weight excluding hydrogens is 266 g/mol. The van der Waals surface area contributed by atoms with Crippen LogP contribution < -0.4 is 16.8 Å². The highest BCUT2D eigenvalue weighted by Crippen LogP contribution is 2.36. The molecule has 0 saturated heterocycles. The second kappa shape index (κ2) is 5.76. The molecule has 5 nitrogen and oxygen atoms in total. The first kappa shape index (κ1) is 15.4. The van der Waals surface area contributed by atoms with E-state index in [1.807, 2.05) is 0 Å². The molecule has 1 aromatic rings. The Labute approximate surface area is 125 Å². The molecule has 2 amide bonds. The number of nitrogens with two attached hydrogens (primary N) is 2. The lowest BCUT2D eigenvalue weighted by Gasteiger charge is -2.35. The highest BCUT2D eigenvalue weighted by molar-refractivity contribution is 5.99. The lowest BCUT2D eigenvalue weighted by molar-refractivity contribution is 0.0999. The number of hydrogen-bond donors (Lipinski definition) is 3.